The van der Waals surface area contributed by atoms with Crippen LogP contribution in [0.5, 0.6) is 0 Å². The number of nitrogens with two attached hydrogens (primary N) is 1. The van der Waals surface area contributed by atoms with E-state index in [-0.39, 0.29) is 16.9 Å². The second-order valence-corrected chi connectivity index (χ2v) is 7.33. The summed E-state index contributed by atoms with van der Waals surface area (Å²) in [4.78, 5) is 13.3. The average molecular weight is 280 g/mol. The molecule has 0 radical (unpaired) electrons. The molecule has 1 heterocycles. The Kier molecular flexibility index (Phi) is 4.31. The first-order valence-corrected chi connectivity index (χ1v) is 7.89. The van der Waals surface area contributed by atoms with Gasteiger partial charge in [-0.2, -0.15) is 0 Å². The van der Waals surface area contributed by atoms with Crippen molar-refractivity contribution in [2.75, 3.05) is 6.54 Å². The molecule has 0 aliphatic heterocycles. The summed E-state index contributed by atoms with van der Waals surface area (Å²) in [5, 5.41) is 5.13. The Morgan fingerprint density at radius 1 is 1.47 bits per heavy atom. The van der Waals surface area contributed by atoms with Crippen LogP contribution < -0.4 is 11.1 Å². The second-order valence-electron chi connectivity index (χ2n) is 6.38. The summed E-state index contributed by atoms with van der Waals surface area (Å²) in [5.41, 5.74) is 5.97. The molecule has 1 aromatic rings. The fourth-order valence-electron chi connectivity index (χ4n) is 2.71. The molecule has 4 heteroatoms. The minimum Gasteiger partial charge on any atom is -0.355 e. The van der Waals surface area contributed by atoms with Crippen LogP contribution in [-0.4, -0.2) is 18.0 Å². The van der Waals surface area contributed by atoms with Gasteiger partial charge in [0.2, 0.25) is 5.91 Å². The van der Waals surface area contributed by atoms with Gasteiger partial charge in [-0.25, -0.2) is 0 Å². The third-order valence-electron chi connectivity index (χ3n) is 4.03. The number of hydrogen-bond donors (Lipinski definition) is 2. The number of nitrogens with one attached hydrogen (secondary N) is 1. The van der Waals surface area contributed by atoms with E-state index in [0.29, 0.717) is 13.0 Å². The lowest BCUT2D eigenvalue weighted by Gasteiger charge is -2.26. The van der Waals surface area contributed by atoms with E-state index in [4.69, 9.17) is 5.73 Å². The maximum atomic E-state index is 12.0. The predicted octanol–water partition coefficient (Wildman–Crippen LogP) is 2.80. The van der Waals surface area contributed by atoms with Gasteiger partial charge in [0, 0.05) is 28.8 Å². The Labute approximate surface area is 119 Å². The van der Waals surface area contributed by atoms with Crippen molar-refractivity contribution < 1.29 is 4.79 Å². The SMILES string of the molecule is CC(C)(CNC(=O)CC1(N)CCCC1)c1cccs1. The van der Waals surface area contributed by atoms with Crippen molar-refractivity contribution in [2.24, 2.45) is 5.73 Å². The molecule has 1 amide bonds. The third-order valence-corrected chi connectivity index (χ3v) is 5.26. The van der Waals surface area contributed by atoms with Crippen molar-refractivity contribution in [3.63, 3.8) is 0 Å². The van der Waals surface area contributed by atoms with Crippen molar-refractivity contribution in [3.8, 4) is 0 Å². The Bertz CT molecular complexity index is 419. The number of carbonyl (C=O) groups is 1. The molecule has 0 spiro atoms. The normalized spacial score (nSPS) is 18.5. The summed E-state index contributed by atoms with van der Waals surface area (Å²) >= 11 is 1.74. The van der Waals surface area contributed by atoms with Gasteiger partial charge in [0.05, 0.1) is 0 Å². The zero-order chi connectivity index (χ0) is 13.9. The van der Waals surface area contributed by atoms with Gasteiger partial charge < -0.3 is 11.1 Å². The Morgan fingerprint density at radius 2 is 2.16 bits per heavy atom. The van der Waals surface area contributed by atoms with E-state index in [9.17, 15) is 4.79 Å². The maximum absolute atomic E-state index is 12.0. The van der Waals surface area contributed by atoms with Crippen LogP contribution in [0.3, 0.4) is 0 Å². The van der Waals surface area contributed by atoms with E-state index in [1.807, 2.05) is 0 Å². The van der Waals surface area contributed by atoms with Gasteiger partial charge >= 0.3 is 0 Å². The standard InChI is InChI=1S/C15H24N2OS/c1-14(2,12-6-5-9-19-12)11-17-13(18)10-15(16)7-3-4-8-15/h5-6,9H,3-4,7-8,10-11,16H2,1-2H3,(H,17,18). The largest absolute Gasteiger partial charge is 0.355 e. The highest BCUT2D eigenvalue weighted by molar-refractivity contribution is 7.10. The first-order chi connectivity index (χ1) is 8.91. The van der Waals surface area contributed by atoms with Crippen LogP contribution >= 0.6 is 11.3 Å². The Morgan fingerprint density at radius 3 is 2.74 bits per heavy atom. The van der Waals surface area contributed by atoms with Crippen LogP contribution in [-0.2, 0) is 10.2 Å². The van der Waals surface area contributed by atoms with E-state index >= 15 is 0 Å². The first-order valence-electron chi connectivity index (χ1n) is 7.01. The molecule has 19 heavy (non-hydrogen) atoms. The first kappa shape index (κ1) is 14.5. The Hall–Kier alpha value is -0.870. The molecule has 2 rings (SSSR count). The highest BCUT2D eigenvalue weighted by Gasteiger charge is 2.32. The van der Waals surface area contributed by atoms with Crippen LogP contribution in [0.25, 0.3) is 0 Å². The molecule has 0 atom stereocenters. The van der Waals surface area contributed by atoms with Crippen molar-refractivity contribution in [1.82, 2.24) is 5.32 Å². The molecular weight excluding hydrogens is 256 g/mol. The topological polar surface area (TPSA) is 55.1 Å². The summed E-state index contributed by atoms with van der Waals surface area (Å²) in [6.45, 7) is 4.99. The van der Waals surface area contributed by atoms with E-state index in [2.05, 4.69) is 36.7 Å². The third kappa shape index (κ3) is 3.80. The summed E-state index contributed by atoms with van der Waals surface area (Å²) in [6.07, 6.45) is 4.74. The summed E-state index contributed by atoms with van der Waals surface area (Å²) < 4.78 is 0. The van der Waals surface area contributed by atoms with Crippen LogP contribution in [0, 0.1) is 0 Å². The fourth-order valence-corrected chi connectivity index (χ4v) is 3.56. The molecule has 106 valence electrons. The van der Waals surface area contributed by atoms with E-state index in [0.717, 1.165) is 25.7 Å². The molecule has 1 aliphatic rings. The van der Waals surface area contributed by atoms with Gasteiger partial charge in [-0.1, -0.05) is 32.8 Å². The quantitative estimate of drug-likeness (QED) is 0.871. The minimum absolute atomic E-state index is 0.0126. The van der Waals surface area contributed by atoms with Crippen molar-refractivity contribution in [2.45, 2.75) is 56.9 Å². The Balaban J connectivity index is 1.83. The highest BCUT2D eigenvalue weighted by Crippen LogP contribution is 2.30. The molecule has 0 aromatic carbocycles. The molecule has 1 saturated carbocycles. The summed E-state index contributed by atoms with van der Waals surface area (Å²) in [5.74, 6) is 0.0917. The van der Waals surface area contributed by atoms with Gasteiger partial charge in [-0.15, -0.1) is 11.3 Å². The minimum atomic E-state index is -0.253. The van der Waals surface area contributed by atoms with E-state index < -0.39 is 0 Å². The van der Waals surface area contributed by atoms with Gasteiger partial charge in [-0.3, -0.25) is 4.79 Å². The monoisotopic (exact) mass is 280 g/mol. The number of carbonyl (C=O) groups excluding carboxylic acids is 1. The lowest BCUT2D eigenvalue weighted by atomic mass is 9.90. The van der Waals surface area contributed by atoms with Gasteiger partial charge in [-0.05, 0) is 24.3 Å². The van der Waals surface area contributed by atoms with E-state index in [1.54, 1.807) is 11.3 Å². The predicted molar refractivity (Wildman–Crippen MR) is 80.4 cm³/mol. The summed E-state index contributed by atoms with van der Waals surface area (Å²) in [7, 11) is 0. The lowest BCUT2D eigenvalue weighted by molar-refractivity contribution is -0.122. The zero-order valence-corrected chi connectivity index (χ0v) is 12.7. The average Bonchev–Trinajstić information content (AvgIpc) is 2.98. The van der Waals surface area contributed by atoms with Crippen LogP contribution in [0.2, 0.25) is 0 Å². The second kappa shape index (κ2) is 5.63. The molecule has 1 aromatic heterocycles. The van der Waals surface area contributed by atoms with Crippen molar-refractivity contribution >= 4 is 17.2 Å². The molecule has 0 unspecified atom stereocenters. The molecule has 3 N–H and O–H groups in total. The number of rotatable bonds is 5. The van der Waals surface area contributed by atoms with Crippen LogP contribution in [0.1, 0.15) is 50.8 Å². The molecule has 1 fully saturated rings. The van der Waals surface area contributed by atoms with Crippen molar-refractivity contribution in [1.29, 1.82) is 0 Å². The molecule has 1 aliphatic carbocycles. The fraction of sp³-hybridized carbons (Fsp3) is 0.667. The number of hydrogen-bond acceptors (Lipinski definition) is 3. The van der Waals surface area contributed by atoms with Gasteiger partial charge in [0.25, 0.3) is 0 Å². The number of amides is 1. The molecular formula is C15H24N2OS. The highest BCUT2D eigenvalue weighted by atomic mass is 32.1. The molecule has 0 bridgehead atoms. The van der Waals surface area contributed by atoms with Crippen molar-refractivity contribution in [3.05, 3.63) is 22.4 Å². The zero-order valence-electron chi connectivity index (χ0n) is 11.9. The van der Waals surface area contributed by atoms with Gasteiger partial charge in [0.15, 0.2) is 0 Å². The van der Waals surface area contributed by atoms with Crippen LogP contribution in [0.15, 0.2) is 17.5 Å². The summed E-state index contributed by atoms with van der Waals surface area (Å²) in [6, 6.07) is 4.18. The van der Waals surface area contributed by atoms with Gasteiger partial charge in [0.1, 0.15) is 0 Å². The van der Waals surface area contributed by atoms with E-state index in [1.165, 1.54) is 4.88 Å². The maximum Gasteiger partial charge on any atom is 0.221 e. The van der Waals surface area contributed by atoms with Crippen LogP contribution in [0.4, 0.5) is 0 Å². The lowest BCUT2D eigenvalue weighted by Crippen LogP contribution is -2.44. The molecule has 3 nitrogen and oxygen atoms in total. The smallest absolute Gasteiger partial charge is 0.221 e. The molecule has 0 saturated heterocycles. The number of thiophene rings is 1.